The lowest BCUT2D eigenvalue weighted by atomic mass is 10.2. The Balaban J connectivity index is 1.59. The Morgan fingerprint density at radius 3 is 2.19 bits per heavy atom. The van der Waals surface area contributed by atoms with Crippen LogP contribution < -0.4 is 24.8 Å². The zero-order valence-corrected chi connectivity index (χ0v) is 17.5. The fourth-order valence-corrected chi connectivity index (χ4v) is 2.85. The maximum atomic E-state index is 12.4. The van der Waals surface area contributed by atoms with E-state index in [2.05, 4.69) is 10.6 Å². The van der Waals surface area contributed by atoms with Gasteiger partial charge in [0.05, 0.1) is 26.9 Å². The summed E-state index contributed by atoms with van der Waals surface area (Å²) in [6.07, 6.45) is 1.97. The third-order valence-corrected chi connectivity index (χ3v) is 4.56. The molecule has 164 valence electrons. The monoisotopic (exact) mass is 428 g/mol. The molecule has 1 fully saturated rings. The van der Waals surface area contributed by atoms with Crippen molar-refractivity contribution in [1.29, 1.82) is 0 Å². The van der Waals surface area contributed by atoms with Crippen LogP contribution in [0.15, 0.2) is 36.4 Å². The summed E-state index contributed by atoms with van der Waals surface area (Å²) in [5.41, 5.74) is 1.01. The first-order valence-corrected chi connectivity index (χ1v) is 9.63. The zero-order valence-electron chi connectivity index (χ0n) is 17.5. The Morgan fingerprint density at radius 2 is 1.61 bits per heavy atom. The molecule has 1 saturated carbocycles. The number of carbonyl (C=O) groups is 3. The molecule has 0 radical (unpaired) electrons. The van der Waals surface area contributed by atoms with Crippen molar-refractivity contribution in [3.8, 4) is 17.2 Å². The molecule has 2 aromatic rings. The molecule has 31 heavy (non-hydrogen) atoms. The highest BCUT2D eigenvalue weighted by atomic mass is 16.5. The molecule has 3 rings (SSSR count). The molecule has 0 atom stereocenters. The van der Waals surface area contributed by atoms with Crippen LogP contribution in [0.5, 0.6) is 17.2 Å². The summed E-state index contributed by atoms with van der Waals surface area (Å²) >= 11 is 0. The molecule has 1 aliphatic carbocycles. The van der Waals surface area contributed by atoms with Crippen molar-refractivity contribution in [3.05, 3.63) is 47.5 Å². The Morgan fingerprint density at radius 1 is 0.935 bits per heavy atom. The van der Waals surface area contributed by atoms with Gasteiger partial charge in [-0.2, -0.15) is 0 Å². The second-order valence-electron chi connectivity index (χ2n) is 6.87. The van der Waals surface area contributed by atoms with Gasteiger partial charge in [-0.25, -0.2) is 4.79 Å². The smallest absolute Gasteiger partial charge is 0.338 e. The van der Waals surface area contributed by atoms with Crippen LogP contribution in [0.1, 0.15) is 33.6 Å². The molecule has 0 heterocycles. The number of nitrogens with one attached hydrogen (secondary N) is 2. The van der Waals surface area contributed by atoms with E-state index in [9.17, 15) is 14.4 Å². The maximum absolute atomic E-state index is 12.4. The first kappa shape index (κ1) is 21.9. The van der Waals surface area contributed by atoms with Crippen molar-refractivity contribution in [3.63, 3.8) is 0 Å². The summed E-state index contributed by atoms with van der Waals surface area (Å²) in [6, 6.07) is 9.65. The average molecular weight is 428 g/mol. The number of ether oxygens (including phenoxy) is 4. The van der Waals surface area contributed by atoms with E-state index in [1.165, 1.54) is 33.5 Å². The highest BCUT2D eigenvalue weighted by Gasteiger charge is 2.24. The molecule has 2 amide bonds. The van der Waals surface area contributed by atoms with E-state index >= 15 is 0 Å². The van der Waals surface area contributed by atoms with Crippen molar-refractivity contribution < 1.29 is 33.3 Å². The van der Waals surface area contributed by atoms with Crippen LogP contribution in [0.3, 0.4) is 0 Å². The molecule has 0 aliphatic heterocycles. The van der Waals surface area contributed by atoms with Gasteiger partial charge in [0.25, 0.3) is 11.8 Å². The van der Waals surface area contributed by atoms with Crippen molar-refractivity contribution in [2.75, 3.05) is 33.3 Å². The largest absolute Gasteiger partial charge is 0.493 e. The molecule has 0 spiro atoms. The van der Waals surface area contributed by atoms with E-state index < -0.39 is 18.5 Å². The lowest BCUT2D eigenvalue weighted by Crippen LogP contribution is -2.25. The number of anilines is 1. The van der Waals surface area contributed by atoms with Gasteiger partial charge < -0.3 is 29.6 Å². The fraction of sp³-hybridized carbons (Fsp3) is 0.318. The molecule has 0 saturated heterocycles. The Bertz CT molecular complexity index is 961. The van der Waals surface area contributed by atoms with Gasteiger partial charge in [-0.1, -0.05) is 6.07 Å². The maximum Gasteiger partial charge on any atom is 0.338 e. The third kappa shape index (κ3) is 5.65. The molecule has 2 N–H and O–H groups in total. The van der Waals surface area contributed by atoms with Gasteiger partial charge in [-0.3, -0.25) is 9.59 Å². The minimum atomic E-state index is -0.730. The molecule has 9 heteroatoms. The molecule has 0 aromatic heterocycles. The van der Waals surface area contributed by atoms with E-state index in [4.69, 9.17) is 18.9 Å². The van der Waals surface area contributed by atoms with Crippen molar-refractivity contribution in [2.24, 2.45) is 0 Å². The van der Waals surface area contributed by atoms with Crippen molar-refractivity contribution >= 4 is 23.5 Å². The lowest BCUT2D eigenvalue weighted by Gasteiger charge is -2.14. The summed E-state index contributed by atoms with van der Waals surface area (Å²) < 4.78 is 20.7. The quantitative estimate of drug-likeness (QED) is 0.590. The number of amides is 2. The summed E-state index contributed by atoms with van der Waals surface area (Å²) in [5, 5.41) is 5.50. The van der Waals surface area contributed by atoms with Gasteiger partial charge in [0.2, 0.25) is 5.75 Å². The minimum absolute atomic E-state index is 0.140. The van der Waals surface area contributed by atoms with Gasteiger partial charge in [-0.15, -0.1) is 0 Å². The summed E-state index contributed by atoms with van der Waals surface area (Å²) in [4.78, 5) is 36.7. The first-order chi connectivity index (χ1) is 14.9. The Kier molecular flexibility index (Phi) is 6.96. The van der Waals surface area contributed by atoms with Crippen LogP contribution >= 0.6 is 0 Å². The number of hydrogen-bond acceptors (Lipinski definition) is 7. The van der Waals surface area contributed by atoms with Crippen LogP contribution in [0.25, 0.3) is 0 Å². The summed E-state index contributed by atoms with van der Waals surface area (Å²) in [5.74, 6) is -0.538. The predicted molar refractivity (Wildman–Crippen MR) is 112 cm³/mol. The van der Waals surface area contributed by atoms with Crippen LogP contribution in [-0.2, 0) is 9.53 Å². The first-order valence-electron chi connectivity index (χ1n) is 9.63. The molecular formula is C22H24N2O7. The lowest BCUT2D eigenvalue weighted by molar-refractivity contribution is -0.119. The van der Waals surface area contributed by atoms with Crippen LogP contribution in [-0.4, -0.2) is 51.8 Å². The van der Waals surface area contributed by atoms with Crippen molar-refractivity contribution in [1.82, 2.24) is 5.32 Å². The highest BCUT2D eigenvalue weighted by Crippen LogP contribution is 2.38. The summed E-state index contributed by atoms with van der Waals surface area (Å²) in [7, 11) is 4.31. The highest BCUT2D eigenvalue weighted by molar-refractivity contribution is 5.98. The van der Waals surface area contributed by atoms with E-state index in [1.807, 2.05) is 0 Å². The van der Waals surface area contributed by atoms with E-state index in [-0.39, 0.29) is 17.5 Å². The SMILES string of the molecule is COc1cc(C(=O)OCC(=O)Nc2cccc(C(=O)NC3CC3)c2)cc(OC)c1OC. The topological polar surface area (TPSA) is 112 Å². The van der Waals surface area contributed by atoms with Gasteiger partial charge >= 0.3 is 5.97 Å². The number of methoxy groups -OCH3 is 3. The standard InChI is InChI=1S/C22H24N2O7/c1-28-17-10-14(11-18(29-2)20(17)30-3)22(27)31-12-19(25)23-16-6-4-5-13(9-16)21(26)24-15-7-8-15/h4-6,9-11,15H,7-8,12H2,1-3H3,(H,23,25)(H,24,26). The number of rotatable bonds is 9. The normalized spacial score (nSPS) is 12.5. The van der Waals surface area contributed by atoms with Gasteiger partial charge in [0, 0.05) is 17.3 Å². The van der Waals surface area contributed by atoms with E-state index in [0.29, 0.717) is 28.5 Å². The second-order valence-corrected chi connectivity index (χ2v) is 6.87. The van der Waals surface area contributed by atoms with Gasteiger partial charge in [-0.05, 0) is 43.2 Å². The average Bonchev–Trinajstić information content (AvgIpc) is 3.60. The minimum Gasteiger partial charge on any atom is -0.493 e. The summed E-state index contributed by atoms with van der Waals surface area (Å²) in [6.45, 7) is -0.506. The number of hydrogen-bond donors (Lipinski definition) is 2. The van der Waals surface area contributed by atoms with Crippen LogP contribution in [0.2, 0.25) is 0 Å². The molecule has 0 unspecified atom stereocenters. The molecule has 1 aliphatic rings. The molecule has 9 nitrogen and oxygen atoms in total. The zero-order chi connectivity index (χ0) is 22.4. The van der Waals surface area contributed by atoms with Crippen molar-refractivity contribution in [2.45, 2.75) is 18.9 Å². The van der Waals surface area contributed by atoms with Crippen LogP contribution in [0, 0.1) is 0 Å². The van der Waals surface area contributed by atoms with Gasteiger partial charge in [0.1, 0.15) is 0 Å². The molecule has 2 aromatic carbocycles. The number of carbonyl (C=O) groups excluding carboxylic acids is 3. The van der Waals surface area contributed by atoms with Crippen LogP contribution in [0.4, 0.5) is 5.69 Å². The van der Waals surface area contributed by atoms with E-state index in [1.54, 1.807) is 24.3 Å². The Hall–Kier alpha value is -3.75. The predicted octanol–water partition coefficient (Wildman–Crippen LogP) is 2.40. The Labute approximate surface area is 179 Å². The second kappa shape index (κ2) is 9.84. The third-order valence-electron chi connectivity index (χ3n) is 4.56. The molecule has 0 bridgehead atoms. The van der Waals surface area contributed by atoms with Gasteiger partial charge in [0.15, 0.2) is 18.1 Å². The fourth-order valence-electron chi connectivity index (χ4n) is 2.85. The number of benzene rings is 2. The molecular weight excluding hydrogens is 404 g/mol. The van der Waals surface area contributed by atoms with E-state index in [0.717, 1.165) is 12.8 Å². The number of esters is 1.